The van der Waals surface area contributed by atoms with E-state index in [4.69, 9.17) is 16.3 Å². The number of aliphatic hydroxyl groups excluding tert-OH is 1. The molecule has 2 heterocycles. The van der Waals surface area contributed by atoms with E-state index in [0.717, 1.165) is 18.4 Å². The number of carbonyl (C=O) groups is 2. The van der Waals surface area contributed by atoms with Crippen LogP contribution in [0.1, 0.15) is 30.0 Å². The number of benzene rings is 2. The van der Waals surface area contributed by atoms with E-state index in [1.54, 1.807) is 24.3 Å². The van der Waals surface area contributed by atoms with Crippen LogP contribution in [0.25, 0.3) is 5.76 Å². The summed E-state index contributed by atoms with van der Waals surface area (Å²) in [6, 6.07) is 15.2. The maximum Gasteiger partial charge on any atom is 0.295 e. The largest absolute Gasteiger partial charge is 0.507 e. The molecule has 2 atom stereocenters. The molecule has 2 aliphatic rings. The van der Waals surface area contributed by atoms with Crippen molar-refractivity contribution in [2.45, 2.75) is 25.0 Å². The average molecular weight is 398 g/mol. The summed E-state index contributed by atoms with van der Waals surface area (Å²) in [7, 11) is 0. The molecule has 0 unspecified atom stereocenters. The molecule has 2 saturated heterocycles. The third kappa shape index (κ3) is 3.43. The molecule has 0 radical (unpaired) electrons. The van der Waals surface area contributed by atoms with Gasteiger partial charge >= 0.3 is 0 Å². The fourth-order valence-corrected chi connectivity index (χ4v) is 3.95. The zero-order valence-corrected chi connectivity index (χ0v) is 15.9. The molecule has 0 spiro atoms. The highest BCUT2D eigenvalue weighted by Gasteiger charge is 2.46. The van der Waals surface area contributed by atoms with Crippen molar-refractivity contribution >= 4 is 29.1 Å². The highest BCUT2D eigenvalue weighted by atomic mass is 35.5. The number of hydrogen-bond donors (Lipinski definition) is 1. The number of ketones is 1. The second kappa shape index (κ2) is 7.78. The van der Waals surface area contributed by atoms with Crippen molar-refractivity contribution in [2.24, 2.45) is 0 Å². The number of ether oxygens (including phenoxy) is 1. The van der Waals surface area contributed by atoms with E-state index < -0.39 is 17.7 Å². The Morgan fingerprint density at radius 2 is 1.82 bits per heavy atom. The zero-order chi connectivity index (χ0) is 19.7. The Kier molecular flexibility index (Phi) is 5.20. The van der Waals surface area contributed by atoms with Crippen LogP contribution in [0.3, 0.4) is 0 Å². The van der Waals surface area contributed by atoms with Crippen LogP contribution in [0.15, 0.2) is 60.2 Å². The van der Waals surface area contributed by atoms with Gasteiger partial charge in [0.05, 0.1) is 17.7 Å². The number of aliphatic hydroxyl groups is 1. The number of amides is 1. The standard InChI is InChI=1S/C22H20ClNO4/c23-16-10-8-15(9-11-16)20(25)18-19(14-5-2-1-3-6-14)24(22(27)21(18)26)13-17-7-4-12-28-17/h1-3,5-6,8-11,17,19,25H,4,7,12-13H2/t17-,19-/m1/s1. The van der Waals surface area contributed by atoms with E-state index >= 15 is 0 Å². The lowest BCUT2D eigenvalue weighted by Crippen LogP contribution is -2.36. The highest BCUT2D eigenvalue weighted by molar-refractivity contribution is 6.46. The number of carbonyl (C=O) groups excluding carboxylic acids is 2. The van der Waals surface area contributed by atoms with Gasteiger partial charge < -0.3 is 14.7 Å². The predicted octanol–water partition coefficient (Wildman–Crippen LogP) is 3.94. The molecule has 0 aliphatic carbocycles. The van der Waals surface area contributed by atoms with Gasteiger partial charge in [-0.2, -0.15) is 0 Å². The normalized spacial score (nSPS) is 24.1. The van der Waals surface area contributed by atoms with Crippen molar-refractivity contribution in [3.8, 4) is 0 Å². The van der Waals surface area contributed by atoms with Crippen LogP contribution in [-0.2, 0) is 14.3 Å². The first-order valence-electron chi connectivity index (χ1n) is 9.27. The molecule has 4 rings (SSSR count). The van der Waals surface area contributed by atoms with E-state index in [2.05, 4.69) is 0 Å². The van der Waals surface area contributed by atoms with Gasteiger partial charge in [0.25, 0.3) is 11.7 Å². The van der Waals surface area contributed by atoms with Crippen LogP contribution in [-0.4, -0.2) is 41.0 Å². The second-order valence-corrected chi connectivity index (χ2v) is 7.44. The van der Waals surface area contributed by atoms with Gasteiger partial charge in [0.2, 0.25) is 0 Å². The van der Waals surface area contributed by atoms with E-state index in [9.17, 15) is 14.7 Å². The Bertz CT molecular complexity index is 917. The number of likely N-dealkylation sites (tertiary alicyclic amines) is 1. The van der Waals surface area contributed by atoms with Gasteiger partial charge in [0.1, 0.15) is 5.76 Å². The monoisotopic (exact) mass is 397 g/mol. The van der Waals surface area contributed by atoms with Crippen molar-refractivity contribution < 1.29 is 19.4 Å². The summed E-state index contributed by atoms with van der Waals surface area (Å²) >= 11 is 5.93. The molecule has 1 N–H and O–H groups in total. The molecule has 2 aromatic rings. The molecule has 5 nitrogen and oxygen atoms in total. The first-order chi connectivity index (χ1) is 13.6. The quantitative estimate of drug-likeness (QED) is 0.482. The van der Waals surface area contributed by atoms with Crippen molar-refractivity contribution in [1.82, 2.24) is 4.90 Å². The lowest BCUT2D eigenvalue weighted by atomic mass is 9.95. The van der Waals surface area contributed by atoms with Crippen LogP contribution in [0.4, 0.5) is 0 Å². The van der Waals surface area contributed by atoms with Crippen LogP contribution >= 0.6 is 11.6 Å². The first-order valence-corrected chi connectivity index (χ1v) is 9.65. The summed E-state index contributed by atoms with van der Waals surface area (Å²) in [4.78, 5) is 27.2. The van der Waals surface area contributed by atoms with E-state index in [1.807, 2.05) is 30.3 Å². The van der Waals surface area contributed by atoms with Crippen molar-refractivity contribution in [1.29, 1.82) is 0 Å². The fraction of sp³-hybridized carbons (Fsp3) is 0.273. The predicted molar refractivity (Wildman–Crippen MR) is 106 cm³/mol. The van der Waals surface area contributed by atoms with Crippen LogP contribution < -0.4 is 0 Å². The molecule has 28 heavy (non-hydrogen) atoms. The number of hydrogen-bond acceptors (Lipinski definition) is 4. The van der Waals surface area contributed by atoms with Gasteiger partial charge in [-0.1, -0.05) is 41.9 Å². The molecule has 2 fully saturated rings. The second-order valence-electron chi connectivity index (χ2n) is 7.00. The Hall–Kier alpha value is -2.63. The molecule has 1 amide bonds. The summed E-state index contributed by atoms with van der Waals surface area (Å²) in [5.74, 6) is -1.49. The number of rotatable bonds is 4. The summed E-state index contributed by atoms with van der Waals surface area (Å²) in [6.07, 6.45) is 1.69. The average Bonchev–Trinajstić information content (AvgIpc) is 3.31. The molecule has 144 valence electrons. The van der Waals surface area contributed by atoms with Crippen LogP contribution in [0.2, 0.25) is 5.02 Å². The first kappa shape index (κ1) is 18.7. The molecule has 6 heteroatoms. The number of Topliss-reactive ketones (excluding diaryl/α,β-unsaturated/α-hetero) is 1. The summed E-state index contributed by atoms with van der Waals surface area (Å²) in [5, 5.41) is 11.4. The Labute approximate surface area is 168 Å². The Balaban J connectivity index is 1.80. The number of nitrogens with zero attached hydrogens (tertiary/aromatic N) is 1. The summed E-state index contributed by atoms with van der Waals surface area (Å²) in [6.45, 7) is 0.983. The minimum Gasteiger partial charge on any atom is -0.507 e. The topological polar surface area (TPSA) is 66.8 Å². The van der Waals surface area contributed by atoms with Crippen molar-refractivity contribution in [3.63, 3.8) is 0 Å². The Morgan fingerprint density at radius 1 is 1.11 bits per heavy atom. The van der Waals surface area contributed by atoms with Gasteiger partial charge in [-0.15, -0.1) is 0 Å². The number of halogens is 1. The van der Waals surface area contributed by atoms with Gasteiger partial charge in [0, 0.05) is 23.7 Å². The van der Waals surface area contributed by atoms with Gasteiger partial charge in [0.15, 0.2) is 0 Å². The smallest absolute Gasteiger partial charge is 0.295 e. The van der Waals surface area contributed by atoms with Gasteiger partial charge in [-0.05, 0) is 42.7 Å². The molecular formula is C22H20ClNO4. The summed E-state index contributed by atoms with van der Waals surface area (Å²) in [5.41, 5.74) is 1.31. The minimum atomic E-state index is -0.681. The van der Waals surface area contributed by atoms with Crippen molar-refractivity contribution in [3.05, 3.63) is 76.3 Å². The zero-order valence-electron chi connectivity index (χ0n) is 15.2. The maximum absolute atomic E-state index is 12.9. The van der Waals surface area contributed by atoms with Crippen LogP contribution in [0.5, 0.6) is 0 Å². The van der Waals surface area contributed by atoms with E-state index in [1.165, 1.54) is 4.90 Å². The van der Waals surface area contributed by atoms with E-state index in [-0.39, 0.29) is 17.4 Å². The fourth-order valence-electron chi connectivity index (χ4n) is 3.82. The minimum absolute atomic E-state index is 0.0940. The Morgan fingerprint density at radius 3 is 2.46 bits per heavy atom. The molecule has 0 bridgehead atoms. The third-order valence-corrected chi connectivity index (χ3v) is 5.45. The third-order valence-electron chi connectivity index (χ3n) is 5.20. The highest BCUT2D eigenvalue weighted by Crippen LogP contribution is 2.40. The van der Waals surface area contributed by atoms with Gasteiger partial charge in [-0.3, -0.25) is 9.59 Å². The summed E-state index contributed by atoms with van der Waals surface area (Å²) < 4.78 is 5.68. The lowest BCUT2D eigenvalue weighted by molar-refractivity contribution is -0.140. The van der Waals surface area contributed by atoms with E-state index in [0.29, 0.717) is 23.7 Å². The molecule has 2 aliphatic heterocycles. The molecular weight excluding hydrogens is 378 g/mol. The SMILES string of the molecule is O=C1C(=O)N(C[C@H]2CCCO2)[C@H](c2ccccc2)C1=C(O)c1ccc(Cl)cc1. The van der Waals surface area contributed by atoms with Gasteiger partial charge in [-0.25, -0.2) is 0 Å². The lowest BCUT2D eigenvalue weighted by Gasteiger charge is -2.27. The molecule has 0 aromatic heterocycles. The van der Waals surface area contributed by atoms with Crippen LogP contribution in [0, 0.1) is 0 Å². The van der Waals surface area contributed by atoms with Crippen molar-refractivity contribution in [2.75, 3.05) is 13.2 Å². The molecule has 0 saturated carbocycles. The maximum atomic E-state index is 12.9. The molecule has 2 aromatic carbocycles.